The molecule has 128 valence electrons. The third-order valence-electron chi connectivity index (χ3n) is 4.28. The quantitative estimate of drug-likeness (QED) is 0.864. The van der Waals surface area contributed by atoms with Gasteiger partial charge in [-0.1, -0.05) is 32.0 Å². The second kappa shape index (κ2) is 5.89. The van der Waals surface area contributed by atoms with Gasteiger partial charge in [0, 0.05) is 4.88 Å². The fraction of sp³-hybridized carbons (Fsp3) is 0.353. The zero-order valence-corrected chi connectivity index (χ0v) is 15.1. The number of carboxylic acid groups (broad SMARTS) is 1. The third kappa shape index (κ3) is 3.18. The van der Waals surface area contributed by atoms with Crippen molar-refractivity contribution < 1.29 is 18.3 Å². The van der Waals surface area contributed by atoms with Crippen molar-refractivity contribution in [3.8, 4) is 0 Å². The van der Waals surface area contributed by atoms with E-state index in [0.717, 1.165) is 23.3 Å². The maximum atomic E-state index is 12.5. The molecule has 1 aromatic heterocycles. The Labute approximate surface area is 145 Å². The highest BCUT2D eigenvalue weighted by Gasteiger charge is 2.33. The van der Waals surface area contributed by atoms with Gasteiger partial charge in [-0.2, -0.15) is 0 Å². The van der Waals surface area contributed by atoms with Crippen molar-refractivity contribution in [1.29, 1.82) is 0 Å². The van der Waals surface area contributed by atoms with Crippen LogP contribution < -0.4 is 4.72 Å². The summed E-state index contributed by atoms with van der Waals surface area (Å²) in [4.78, 5) is 12.8. The molecule has 1 aliphatic carbocycles. The molecule has 0 saturated heterocycles. The molecule has 1 heterocycles. The number of thiophene rings is 1. The van der Waals surface area contributed by atoms with Crippen LogP contribution in [-0.4, -0.2) is 19.5 Å². The second-order valence-electron chi connectivity index (χ2n) is 6.77. The molecule has 0 spiro atoms. The van der Waals surface area contributed by atoms with Crippen LogP contribution in [0.5, 0.6) is 0 Å². The fourth-order valence-corrected chi connectivity index (χ4v) is 5.81. The molecular formula is C17H19NO4S2. The monoisotopic (exact) mass is 365 g/mol. The van der Waals surface area contributed by atoms with Gasteiger partial charge in [0.15, 0.2) is 0 Å². The summed E-state index contributed by atoms with van der Waals surface area (Å²) in [6.45, 7) is 4.29. The molecule has 0 saturated carbocycles. The van der Waals surface area contributed by atoms with Gasteiger partial charge in [-0.3, -0.25) is 4.72 Å². The minimum absolute atomic E-state index is 0.100. The Morgan fingerprint density at radius 1 is 1.25 bits per heavy atom. The Morgan fingerprint density at radius 3 is 2.54 bits per heavy atom. The highest BCUT2D eigenvalue weighted by Crippen LogP contribution is 2.44. The first kappa shape index (κ1) is 17.0. The molecule has 24 heavy (non-hydrogen) atoms. The molecular weight excluding hydrogens is 346 g/mol. The SMILES string of the molecule is CC1(C)CCc2c(sc(NS(=O)(=O)c3ccccc3)c2C(=O)O)C1. The van der Waals surface area contributed by atoms with E-state index in [4.69, 9.17) is 0 Å². The predicted molar refractivity (Wildman–Crippen MR) is 94.3 cm³/mol. The molecule has 0 aliphatic heterocycles. The van der Waals surface area contributed by atoms with Crippen molar-refractivity contribution in [3.63, 3.8) is 0 Å². The van der Waals surface area contributed by atoms with Crippen LogP contribution in [0.4, 0.5) is 5.00 Å². The number of fused-ring (bicyclic) bond motifs is 1. The lowest BCUT2D eigenvalue weighted by Gasteiger charge is -2.29. The molecule has 1 aromatic carbocycles. The number of sulfonamides is 1. The maximum Gasteiger partial charge on any atom is 0.339 e. The van der Waals surface area contributed by atoms with Crippen molar-refractivity contribution in [1.82, 2.24) is 0 Å². The Morgan fingerprint density at radius 2 is 1.92 bits per heavy atom. The molecule has 2 N–H and O–H groups in total. The molecule has 0 fully saturated rings. The predicted octanol–water partition coefficient (Wildman–Crippen LogP) is 3.76. The summed E-state index contributed by atoms with van der Waals surface area (Å²) in [7, 11) is -3.80. The van der Waals surface area contributed by atoms with Crippen molar-refractivity contribution in [3.05, 3.63) is 46.3 Å². The van der Waals surface area contributed by atoms with E-state index >= 15 is 0 Å². The van der Waals surface area contributed by atoms with E-state index in [2.05, 4.69) is 18.6 Å². The number of hydrogen-bond acceptors (Lipinski definition) is 4. The van der Waals surface area contributed by atoms with Crippen LogP contribution >= 0.6 is 11.3 Å². The highest BCUT2D eigenvalue weighted by molar-refractivity contribution is 7.93. The topological polar surface area (TPSA) is 83.5 Å². The van der Waals surface area contributed by atoms with Crippen LogP contribution in [0.3, 0.4) is 0 Å². The molecule has 1 aliphatic rings. The van der Waals surface area contributed by atoms with Crippen LogP contribution in [0.25, 0.3) is 0 Å². The van der Waals surface area contributed by atoms with Crippen molar-refractivity contribution in [2.24, 2.45) is 5.41 Å². The van der Waals surface area contributed by atoms with E-state index in [0.29, 0.717) is 6.42 Å². The first-order chi connectivity index (χ1) is 11.2. The van der Waals surface area contributed by atoms with Gasteiger partial charge in [0.05, 0.1) is 10.5 Å². The van der Waals surface area contributed by atoms with E-state index in [1.165, 1.54) is 23.5 Å². The lowest BCUT2D eigenvalue weighted by Crippen LogP contribution is -2.22. The lowest BCUT2D eigenvalue weighted by atomic mass is 9.77. The van der Waals surface area contributed by atoms with Gasteiger partial charge in [0.2, 0.25) is 0 Å². The zero-order chi connectivity index (χ0) is 17.5. The van der Waals surface area contributed by atoms with Crippen LogP contribution in [0, 0.1) is 5.41 Å². The van der Waals surface area contributed by atoms with E-state index in [-0.39, 0.29) is 20.9 Å². The number of anilines is 1. The Bertz CT molecular complexity index is 883. The summed E-state index contributed by atoms with van der Waals surface area (Å²) in [6, 6.07) is 7.97. The van der Waals surface area contributed by atoms with Gasteiger partial charge in [-0.25, -0.2) is 13.2 Å². The fourth-order valence-electron chi connectivity index (χ4n) is 2.98. The molecule has 0 unspecified atom stereocenters. The van der Waals surface area contributed by atoms with Crippen molar-refractivity contribution in [2.45, 2.75) is 38.0 Å². The smallest absolute Gasteiger partial charge is 0.339 e. The van der Waals surface area contributed by atoms with Gasteiger partial charge < -0.3 is 5.11 Å². The van der Waals surface area contributed by atoms with E-state index in [1.807, 2.05) is 0 Å². The number of hydrogen-bond donors (Lipinski definition) is 2. The first-order valence-electron chi connectivity index (χ1n) is 7.65. The molecule has 0 bridgehead atoms. The number of nitrogens with one attached hydrogen (secondary N) is 1. The maximum absolute atomic E-state index is 12.5. The molecule has 2 aromatic rings. The Hall–Kier alpha value is -1.86. The minimum Gasteiger partial charge on any atom is -0.478 e. The summed E-state index contributed by atoms with van der Waals surface area (Å²) in [6.07, 6.45) is 2.32. The molecule has 0 amide bonds. The molecule has 3 rings (SSSR count). The van der Waals surface area contributed by atoms with Crippen LogP contribution in [0.1, 0.15) is 41.1 Å². The lowest BCUT2D eigenvalue weighted by molar-refractivity contribution is 0.0696. The van der Waals surface area contributed by atoms with Crippen LogP contribution in [-0.2, 0) is 22.9 Å². The molecule has 0 atom stereocenters. The normalized spacial score (nSPS) is 16.4. The molecule has 5 nitrogen and oxygen atoms in total. The zero-order valence-electron chi connectivity index (χ0n) is 13.5. The average molecular weight is 365 g/mol. The van der Waals surface area contributed by atoms with Gasteiger partial charge >= 0.3 is 5.97 Å². The Balaban J connectivity index is 2.03. The number of rotatable bonds is 4. The number of carboxylic acids is 1. The summed E-state index contributed by atoms with van der Waals surface area (Å²) in [5.41, 5.74) is 0.978. The van der Waals surface area contributed by atoms with Crippen molar-refractivity contribution in [2.75, 3.05) is 4.72 Å². The number of carbonyl (C=O) groups is 1. The summed E-state index contributed by atoms with van der Waals surface area (Å²) < 4.78 is 27.5. The van der Waals surface area contributed by atoms with Gasteiger partial charge in [-0.05, 0) is 42.4 Å². The molecule has 0 radical (unpaired) electrons. The minimum atomic E-state index is -3.80. The summed E-state index contributed by atoms with van der Waals surface area (Å²) in [5.74, 6) is -1.09. The largest absolute Gasteiger partial charge is 0.478 e. The van der Waals surface area contributed by atoms with Gasteiger partial charge in [0.25, 0.3) is 10.0 Å². The standard InChI is InChI=1S/C17H19NO4S2/c1-17(2)9-8-12-13(10-17)23-15(14(12)16(19)20)18-24(21,22)11-6-4-3-5-7-11/h3-7,18H,8-10H2,1-2H3,(H,19,20). The van der Waals surface area contributed by atoms with Gasteiger partial charge in [-0.15, -0.1) is 11.3 Å². The van der Waals surface area contributed by atoms with Crippen LogP contribution in [0.2, 0.25) is 0 Å². The van der Waals surface area contributed by atoms with E-state index in [1.54, 1.807) is 18.2 Å². The number of benzene rings is 1. The Kier molecular flexibility index (Phi) is 4.17. The summed E-state index contributed by atoms with van der Waals surface area (Å²) in [5, 5.41) is 9.78. The highest BCUT2D eigenvalue weighted by atomic mass is 32.2. The molecule has 7 heteroatoms. The van der Waals surface area contributed by atoms with E-state index < -0.39 is 16.0 Å². The summed E-state index contributed by atoms with van der Waals surface area (Å²) >= 11 is 1.24. The first-order valence-corrected chi connectivity index (χ1v) is 9.95. The third-order valence-corrected chi connectivity index (χ3v) is 6.92. The van der Waals surface area contributed by atoms with Gasteiger partial charge in [0.1, 0.15) is 5.00 Å². The second-order valence-corrected chi connectivity index (χ2v) is 9.56. The average Bonchev–Trinajstić information content (AvgIpc) is 2.83. The van der Waals surface area contributed by atoms with Crippen LogP contribution in [0.15, 0.2) is 35.2 Å². The van der Waals surface area contributed by atoms with E-state index in [9.17, 15) is 18.3 Å². The van der Waals surface area contributed by atoms with Crippen molar-refractivity contribution >= 4 is 32.3 Å². The number of aromatic carboxylic acids is 1.